The fourth-order valence-corrected chi connectivity index (χ4v) is 3.11. The molecule has 3 nitrogen and oxygen atoms in total. The molecule has 1 N–H and O–H groups in total. The summed E-state index contributed by atoms with van der Waals surface area (Å²) in [5, 5.41) is 3.49. The highest BCUT2D eigenvalue weighted by atomic mass is 16.5. The normalized spacial score (nSPS) is 24.6. The first-order valence-electron chi connectivity index (χ1n) is 7.02. The van der Waals surface area contributed by atoms with E-state index in [0.29, 0.717) is 11.3 Å². The second-order valence-electron chi connectivity index (χ2n) is 5.78. The molecule has 0 amide bonds. The molecule has 0 aromatic heterocycles. The van der Waals surface area contributed by atoms with E-state index in [9.17, 15) is 4.79 Å². The monoisotopic (exact) mass is 239 g/mol. The van der Waals surface area contributed by atoms with Crippen LogP contribution in [0, 0.1) is 11.3 Å². The van der Waals surface area contributed by atoms with Crippen LogP contribution in [0.1, 0.15) is 51.9 Å². The van der Waals surface area contributed by atoms with E-state index in [1.165, 1.54) is 52.1 Å². The van der Waals surface area contributed by atoms with Gasteiger partial charge in [0, 0.05) is 6.54 Å². The summed E-state index contributed by atoms with van der Waals surface area (Å²) < 4.78 is 4.89. The topological polar surface area (TPSA) is 38.3 Å². The largest absolute Gasteiger partial charge is 0.468 e. The van der Waals surface area contributed by atoms with Crippen LogP contribution in [-0.2, 0) is 9.53 Å². The molecule has 2 aliphatic rings. The third kappa shape index (κ3) is 3.01. The van der Waals surface area contributed by atoms with E-state index in [4.69, 9.17) is 4.74 Å². The van der Waals surface area contributed by atoms with Gasteiger partial charge in [0.25, 0.3) is 0 Å². The van der Waals surface area contributed by atoms with Gasteiger partial charge in [0.05, 0.1) is 7.11 Å². The van der Waals surface area contributed by atoms with Gasteiger partial charge in [0.15, 0.2) is 0 Å². The lowest BCUT2D eigenvalue weighted by atomic mass is 9.83. The number of carbonyl (C=O) groups is 1. The van der Waals surface area contributed by atoms with E-state index in [-0.39, 0.29) is 12.0 Å². The van der Waals surface area contributed by atoms with E-state index >= 15 is 0 Å². The molecule has 3 heteroatoms. The number of carbonyl (C=O) groups excluding carboxylic acids is 1. The van der Waals surface area contributed by atoms with E-state index in [2.05, 4.69) is 12.2 Å². The third-order valence-corrected chi connectivity index (χ3v) is 4.66. The minimum absolute atomic E-state index is 0.0518. The van der Waals surface area contributed by atoms with Gasteiger partial charge in [-0.2, -0.15) is 0 Å². The Morgan fingerprint density at radius 1 is 1.41 bits per heavy atom. The Bertz CT molecular complexity index is 267. The Morgan fingerprint density at radius 2 is 2.06 bits per heavy atom. The second-order valence-corrected chi connectivity index (χ2v) is 5.78. The number of methoxy groups -OCH3 is 1. The molecule has 2 fully saturated rings. The highest BCUT2D eigenvalue weighted by Gasteiger charge is 2.39. The first kappa shape index (κ1) is 12.9. The van der Waals surface area contributed by atoms with Crippen molar-refractivity contribution >= 4 is 5.97 Å². The number of nitrogens with one attached hydrogen (secondary N) is 1. The van der Waals surface area contributed by atoms with Crippen LogP contribution in [0.4, 0.5) is 0 Å². The van der Waals surface area contributed by atoms with Crippen molar-refractivity contribution in [2.75, 3.05) is 13.7 Å². The number of hydrogen-bond acceptors (Lipinski definition) is 3. The summed E-state index contributed by atoms with van der Waals surface area (Å²) in [6, 6.07) is -0.0518. The van der Waals surface area contributed by atoms with Crippen LogP contribution < -0.4 is 5.32 Å². The number of hydrogen-bond donors (Lipinski definition) is 1. The number of rotatable bonds is 6. The average molecular weight is 239 g/mol. The lowest BCUT2D eigenvalue weighted by Gasteiger charge is -2.30. The van der Waals surface area contributed by atoms with Crippen LogP contribution in [0.5, 0.6) is 0 Å². The molecule has 0 saturated heterocycles. The fourth-order valence-electron chi connectivity index (χ4n) is 3.11. The zero-order chi connectivity index (χ0) is 12.3. The van der Waals surface area contributed by atoms with Crippen molar-refractivity contribution in [2.24, 2.45) is 11.3 Å². The third-order valence-electron chi connectivity index (χ3n) is 4.66. The molecule has 2 aliphatic carbocycles. The molecule has 1 atom stereocenters. The van der Waals surface area contributed by atoms with Crippen molar-refractivity contribution in [3.05, 3.63) is 0 Å². The molecule has 0 radical (unpaired) electrons. The summed E-state index contributed by atoms with van der Waals surface area (Å²) >= 11 is 0. The van der Waals surface area contributed by atoms with Crippen molar-refractivity contribution in [3.63, 3.8) is 0 Å². The molecule has 0 spiro atoms. The molecule has 2 saturated carbocycles. The van der Waals surface area contributed by atoms with Crippen molar-refractivity contribution in [3.8, 4) is 0 Å². The molecule has 98 valence electrons. The Balaban J connectivity index is 1.87. The molecular weight excluding hydrogens is 214 g/mol. The van der Waals surface area contributed by atoms with E-state index in [1.807, 2.05) is 0 Å². The van der Waals surface area contributed by atoms with Gasteiger partial charge in [-0.1, -0.05) is 19.8 Å². The van der Waals surface area contributed by atoms with Crippen molar-refractivity contribution in [1.29, 1.82) is 0 Å². The highest BCUT2D eigenvalue weighted by molar-refractivity contribution is 5.76. The molecule has 0 heterocycles. The van der Waals surface area contributed by atoms with Crippen LogP contribution in [0.3, 0.4) is 0 Å². The van der Waals surface area contributed by atoms with Gasteiger partial charge in [-0.05, 0) is 43.4 Å². The maximum Gasteiger partial charge on any atom is 0.323 e. The first-order chi connectivity index (χ1) is 8.21. The van der Waals surface area contributed by atoms with E-state index in [1.54, 1.807) is 0 Å². The van der Waals surface area contributed by atoms with Crippen molar-refractivity contribution in [2.45, 2.75) is 57.9 Å². The van der Waals surface area contributed by atoms with Gasteiger partial charge in [-0.3, -0.25) is 4.79 Å². The zero-order valence-electron chi connectivity index (χ0n) is 11.1. The van der Waals surface area contributed by atoms with Gasteiger partial charge in [-0.25, -0.2) is 0 Å². The lowest BCUT2D eigenvalue weighted by molar-refractivity contribution is -0.143. The van der Waals surface area contributed by atoms with Crippen molar-refractivity contribution < 1.29 is 9.53 Å². The smallest absolute Gasteiger partial charge is 0.323 e. The lowest BCUT2D eigenvalue weighted by Crippen LogP contribution is -2.44. The fraction of sp³-hybridized carbons (Fsp3) is 0.929. The summed E-state index contributed by atoms with van der Waals surface area (Å²) in [5.41, 5.74) is 0.446. The predicted molar refractivity (Wildman–Crippen MR) is 67.7 cm³/mol. The molecule has 0 aliphatic heterocycles. The minimum atomic E-state index is -0.0725. The van der Waals surface area contributed by atoms with Gasteiger partial charge in [-0.15, -0.1) is 0 Å². The maximum atomic E-state index is 11.7. The van der Waals surface area contributed by atoms with Crippen LogP contribution in [0.2, 0.25) is 0 Å². The van der Waals surface area contributed by atoms with Crippen LogP contribution in [0.15, 0.2) is 0 Å². The van der Waals surface area contributed by atoms with E-state index in [0.717, 1.165) is 6.54 Å². The summed E-state index contributed by atoms with van der Waals surface area (Å²) in [7, 11) is 1.49. The van der Waals surface area contributed by atoms with Gasteiger partial charge < -0.3 is 10.1 Å². The highest BCUT2D eigenvalue weighted by Crippen LogP contribution is 2.41. The number of ether oxygens (including phenoxy) is 1. The minimum Gasteiger partial charge on any atom is -0.468 e. The van der Waals surface area contributed by atoms with Gasteiger partial charge in [0.1, 0.15) is 6.04 Å². The standard InChI is InChI=1S/C14H25NO2/c1-3-14(8-4-5-9-14)10-15-12(11-6-7-11)13(16)17-2/h11-12,15H,3-10H2,1-2H3. The van der Waals surface area contributed by atoms with Crippen molar-refractivity contribution in [1.82, 2.24) is 5.32 Å². The summed E-state index contributed by atoms with van der Waals surface area (Å²) in [6.45, 7) is 3.26. The Hall–Kier alpha value is -0.570. The van der Waals surface area contributed by atoms with Gasteiger partial charge in [0.2, 0.25) is 0 Å². The molecule has 17 heavy (non-hydrogen) atoms. The zero-order valence-corrected chi connectivity index (χ0v) is 11.1. The SMILES string of the molecule is CCC1(CNC(C(=O)OC)C2CC2)CCCC1. The van der Waals surface area contributed by atoms with Gasteiger partial charge >= 0.3 is 5.97 Å². The number of esters is 1. The Morgan fingerprint density at radius 3 is 2.53 bits per heavy atom. The summed E-state index contributed by atoms with van der Waals surface area (Å²) in [5.74, 6) is 0.453. The summed E-state index contributed by atoms with van der Waals surface area (Å²) in [4.78, 5) is 11.7. The second kappa shape index (κ2) is 5.38. The molecule has 0 aromatic carbocycles. The molecule has 0 bridgehead atoms. The summed E-state index contributed by atoms with van der Waals surface area (Å²) in [6.07, 6.45) is 8.89. The van der Waals surface area contributed by atoms with Crippen LogP contribution >= 0.6 is 0 Å². The molecule has 2 rings (SSSR count). The molecule has 1 unspecified atom stereocenters. The molecular formula is C14H25NO2. The average Bonchev–Trinajstić information content (AvgIpc) is 3.08. The quantitative estimate of drug-likeness (QED) is 0.724. The van der Waals surface area contributed by atoms with Crippen LogP contribution in [-0.4, -0.2) is 25.7 Å². The molecule has 0 aromatic rings. The maximum absolute atomic E-state index is 11.7. The predicted octanol–water partition coefficient (Wildman–Crippen LogP) is 2.50. The first-order valence-corrected chi connectivity index (χ1v) is 7.02. The Kier molecular flexibility index (Phi) is 4.08. The van der Waals surface area contributed by atoms with E-state index < -0.39 is 0 Å². The Labute approximate surface area is 104 Å². The van der Waals surface area contributed by atoms with Crippen LogP contribution in [0.25, 0.3) is 0 Å².